The summed E-state index contributed by atoms with van der Waals surface area (Å²) in [5, 5.41) is 0. The fourth-order valence-corrected chi connectivity index (χ4v) is 1.50. The van der Waals surface area contributed by atoms with Crippen LogP contribution in [0.4, 0.5) is 4.39 Å². The van der Waals surface area contributed by atoms with Crippen molar-refractivity contribution in [1.29, 1.82) is 0 Å². The van der Waals surface area contributed by atoms with Crippen molar-refractivity contribution in [3.8, 4) is 0 Å². The van der Waals surface area contributed by atoms with Crippen molar-refractivity contribution >= 4 is 0 Å². The first-order chi connectivity index (χ1) is 6.74. The maximum Gasteiger partial charge on any atom is 0.123 e. The maximum atomic E-state index is 12.6. The van der Waals surface area contributed by atoms with Gasteiger partial charge in [0.2, 0.25) is 0 Å². The fraction of sp³-hybridized carbons (Fsp3) is 0.167. The summed E-state index contributed by atoms with van der Waals surface area (Å²) in [5.74, 6) is -0.179. The van der Waals surface area contributed by atoms with E-state index in [-0.39, 0.29) is 5.82 Å². The van der Waals surface area contributed by atoms with Crippen LogP contribution in [-0.2, 0) is 13.5 Å². The predicted octanol–water partition coefficient (Wildman–Crippen LogP) is 2.76. The lowest BCUT2D eigenvalue weighted by Gasteiger charge is -1.98. The van der Waals surface area contributed by atoms with E-state index in [1.807, 2.05) is 29.9 Å². The standard InChI is InChI=1S/C12H12FN/c1-14-7-6-11(9-14)8-10-2-4-12(13)5-3-10/h2-7,9H,8H2,1H3. The van der Waals surface area contributed by atoms with Gasteiger partial charge in [-0.25, -0.2) is 4.39 Å². The Kier molecular flexibility index (Phi) is 2.35. The van der Waals surface area contributed by atoms with Gasteiger partial charge in [0.15, 0.2) is 0 Å². The van der Waals surface area contributed by atoms with Crippen LogP contribution < -0.4 is 0 Å². The van der Waals surface area contributed by atoms with Crippen LogP contribution in [0.5, 0.6) is 0 Å². The van der Waals surface area contributed by atoms with E-state index >= 15 is 0 Å². The van der Waals surface area contributed by atoms with Gasteiger partial charge in [0.1, 0.15) is 5.82 Å². The molecule has 14 heavy (non-hydrogen) atoms. The molecular formula is C12H12FN. The lowest BCUT2D eigenvalue weighted by molar-refractivity contribution is 0.627. The van der Waals surface area contributed by atoms with Crippen molar-refractivity contribution in [3.63, 3.8) is 0 Å². The van der Waals surface area contributed by atoms with Crippen LogP contribution in [0.25, 0.3) is 0 Å². The zero-order valence-corrected chi connectivity index (χ0v) is 8.07. The molecule has 2 rings (SSSR count). The fourth-order valence-electron chi connectivity index (χ4n) is 1.50. The minimum Gasteiger partial charge on any atom is -0.357 e. The van der Waals surface area contributed by atoms with Crippen LogP contribution in [-0.4, -0.2) is 4.57 Å². The van der Waals surface area contributed by atoms with Crippen molar-refractivity contribution < 1.29 is 4.39 Å². The normalized spacial score (nSPS) is 10.4. The van der Waals surface area contributed by atoms with Gasteiger partial charge in [0, 0.05) is 19.4 Å². The lowest BCUT2D eigenvalue weighted by Crippen LogP contribution is -1.86. The zero-order chi connectivity index (χ0) is 9.97. The molecule has 1 aromatic heterocycles. The number of nitrogens with zero attached hydrogens (tertiary/aromatic N) is 1. The van der Waals surface area contributed by atoms with Crippen LogP contribution >= 0.6 is 0 Å². The summed E-state index contributed by atoms with van der Waals surface area (Å²) in [7, 11) is 1.99. The number of hydrogen-bond acceptors (Lipinski definition) is 0. The Balaban J connectivity index is 2.15. The third-order valence-electron chi connectivity index (χ3n) is 2.21. The second kappa shape index (κ2) is 3.66. The van der Waals surface area contributed by atoms with Crippen LogP contribution in [0.3, 0.4) is 0 Å². The summed E-state index contributed by atoms with van der Waals surface area (Å²) in [6.07, 6.45) is 4.95. The van der Waals surface area contributed by atoms with Gasteiger partial charge in [-0.1, -0.05) is 12.1 Å². The summed E-state index contributed by atoms with van der Waals surface area (Å²) in [6, 6.07) is 8.71. The largest absolute Gasteiger partial charge is 0.357 e. The summed E-state index contributed by atoms with van der Waals surface area (Å²) >= 11 is 0. The lowest BCUT2D eigenvalue weighted by atomic mass is 10.1. The molecule has 0 fully saturated rings. The Morgan fingerprint density at radius 2 is 1.79 bits per heavy atom. The van der Waals surface area contributed by atoms with E-state index in [1.165, 1.54) is 17.7 Å². The number of aromatic nitrogens is 1. The van der Waals surface area contributed by atoms with Gasteiger partial charge in [0.05, 0.1) is 0 Å². The van der Waals surface area contributed by atoms with Crippen molar-refractivity contribution in [1.82, 2.24) is 4.57 Å². The van der Waals surface area contributed by atoms with Crippen LogP contribution in [0, 0.1) is 5.82 Å². The molecule has 1 aromatic carbocycles. The molecule has 1 heterocycles. The summed E-state index contributed by atoms with van der Waals surface area (Å²) in [5.41, 5.74) is 2.39. The first-order valence-electron chi connectivity index (χ1n) is 4.59. The highest BCUT2D eigenvalue weighted by Gasteiger charge is 1.97. The zero-order valence-electron chi connectivity index (χ0n) is 8.07. The van der Waals surface area contributed by atoms with E-state index in [1.54, 1.807) is 0 Å². The van der Waals surface area contributed by atoms with Crippen LogP contribution in [0.1, 0.15) is 11.1 Å². The topological polar surface area (TPSA) is 4.93 Å². The van der Waals surface area contributed by atoms with E-state index in [2.05, 4.69) is 12.3 Å². The van der Waals surface area contributed by atoms with Crippen molar-refractivity contribution in [2.75, 3.05) is 0 Å². The Hall–Kier alpha value is -1.57. The number of halogens is 1. The smallest absolute Gasteiger partial charge is 0.123 e. The van der Waals surface area contributed by atoms with Gasteiger partial charge < -0.3 is 4.57 Å². The van der Waals surface area contributed by atoms with Gasteiger partial charge in [0.25, 0.3) is 0 Å². The molecular weight excluding hydrogens is 177 g/mol. The number of hydrogen-bond donors (Lipinski definition) is 0. The van der Waals surface area contributed by atoms with Crippen LogP contribution in [0.2, 0.25) is 0 Å². The molecule has 0 bridgehead atoms. The molecule has 0 unspecified atom stereocenters. The van der Waals surface area contributed by atoms with E-state index < -0.39 is 0 Å². The molecule has 1 nitrogen and oxygen atoms in total. The summed E-state index contributed by atoms with van der Waals surface area (Å²) < 4.78 is 14.6. The molecule has 0 aliphatic carbocycles. The average Bonchev–Trinajstić information content (AvgIpc) is 2.56. The van der Waals surface area contributed by atoms with E-state index in [9.17, 15) is 4.39 Å². The first kappa shape index (κ1) is 9.00. The number of aryl methyl sites for hydroxylation is 1. The second-order valence-electron chi connectivity index (χ2n) is 3.49. The quantitative estimate of drug-likeness (QED) is 0.684. The minimum atomic E-state index is -0.179. The third-order valence-corrected chi connectivity index (χ3v) is 2.21. The highest BCUT2D eigenvalue weighted by atomic mass is 19.1. The Morgan fingerprint density at radius 3 is 2.36 bits per heavy atom. The maximum absolute atomic E-state index is 12.6. The first-order valence-corrected chi connectivity index (χ1v) is 4.59. The molecule has 2 aromatic rings. The SMILES string of the molecule is Cn1ccc(Cc2ccc(F)cc2)c1. The highest BCUT2D eigenvalue weighted by Crippen LogP contribution is 2.10. The molecule has 0 spiro atoms. The molecule has 0 radical (unpaired) electrons. The molecule has 0 saturated carbocycles. The molecule has 0 aliphatic rings. The Labute approximate surface area is 82.8 Å². The molecule has 0 aliphatic heterocycles. The second-order valence-corrected chi connectivity index (χ2v) is 3.49. The van der Waals surface area contributed by atoms with E-state index in [4.69, 9.17) is 0 Å². The van der Waals surface area contributed by atoms with E-state index in [0.29, 0.717) is 0 Å². The molecule has 72 valence electrons. The van der Waals surface area contributed by atoms with Gasteiger partial charge in [-0.3, -0.25) is 0 Å². The monoisotopic (exact) mass is 189 g/mol. The van der Waals surface area contributed by atoms with Crippen LogP contribution in [0.15, 0.2) is 42.7 Å². The number of benzene rings is 1. The average molecular weight is 189 g/mol. The van der Waals surface area contributed by atoms with Crippen molar-refractivity contribution in [2.24, 2.45) is 7.05 Å². The van der Waals surface area contributed by atoms with Crippen molar-refractivity contribution in [3.05, 3.63) is 59.7 Å². The molecule has 2 heteroatoms. The van der Waals surface area contributed by atoms with Gasteiger partial charge >= 0.3 is 0 Å². The molecule has 0 atom stereocenters. The Morgan fingerprint density at radius 1 is 1.07 bits per heavy atom. The van der Waals surface area contributed by atoms with E-state index in [0.717, 1.165) is 12.0 Å². The number of rotatable bonds is 2. The third kappa shape index (κ3) is 2.02. The summed E-state index contributed by atoms with van der Waals surface area (Å²) in [6.45, 7) is 0. The van der Waals surface area contributed by atoms with Gasteiger partial charge in [-0.2, -0.15) is 0 Å². The Bertz CT molecular complexity index is 414. The minimum absolute atomic E-state index is 0.179. The molecule has 0 N–H and O–H groups in total. The van der Waals surface area contributed by atoms with Gasteiger partial charge in [-0.15, -0.1) is 0 Å². The highest BCUT2D eigenvalue weighted by molar-refractivity contribution is 5.24. The molecule has 0 saturated heterocycles. The summed E-state index contributed by atoms with van der Waals surface area (Å²) in [4.78, 5) is 0. The predicted molar refractivity (Wildman–Crippen MR) is 54.6 cm³/mol. The van der Waals surface area contributed by atoms with Crippen molar-refractivity contribution in [2.45, 2.75) is 6.42 Å². The molecule has 0 amide bonds. The van der Waals surface area contributed by atoms with Gasteiger partial charge in [-0.05, 0) is 35.7 Å².